The molecule has 0 atom stereocenters. The van der Waals surface area contributed by atoms with Crippen molar-refractivity contribution in [3.05, 3.63) is 0 Å². The van der Waals surface area contributed by atoms with E-state index < -0.39 is 0 Å². The Labute approximate surface area is 101 Å². The van der Waals surface area contributed by atoms with E-state index in [-0.39, 0.29) is 104 Å². The molecule has 17 valence electrons. The molecule has 5 heteroatoms. The molecule has 0 bridgehead atoms. The van der Waals surface area contributed by atoms with Gasteiger partial charge in [0.2, 0.25) is 0 Å². The SMILES string of the molecule is [Al].[La].[Li].[O].[Zr]. The zero-order valence-corrected chi connectivity index (χ0v) is 10.3. The van der Waals surface area contributed by atoms with E-state index in [4.69, 9.17) is 0 Å². The van der Waals surface area contributed by atoms with Crippen molar-refractivity contribution in [1.29, 1.82) is 0 Å². The maximum absolute atomic E-state index is 0. The average molecular weight is 280 g/mol. The number of hydrogen-bond acceptors (Lipinski definition) is 0. The summed E-state index contributed by atoms with van der Waals surface area (Å²) in [5, 5.41) is 0. The van der Waals surface area contributed by atoms with Crippen molar-refractivity contribution in [3.8, 4) is 0 Å². The van der Waals surface area contributed by atoms with Crippen LogP contribution < -0.4 is 0 Å². The van der Waals surface area contributed by atoms with Gasteiger partial charge in [-0.1, -0.05) is 0 Å². The van der Waals surface area contributed by atoms with Crippen molar-refractivity contribution in [2.24, 2.45) is 0 Å². The van der Waals surface area contributed by atoms with Crippen LogP contribution in [0.1, 0.15) is 0 Å². The molecule has 0 spiro atoms. The minimum atomic E-state index is 0. The van der Waals surface area contributed by atoms with Crippen LogP contribution >= 0.6 is 0 Å². The zero-order valence-electron chi connectivity index (χ0n) is 3.06. The normalized spacial score (nSPS) is 0. The summed E-state index contributed by atoms with van der Waals surface area (Å²) in [5.41, 5.74) is 0. The molecule has 0 N–H and O–H groups in total. The Morgan fingerprint density at radius 2 is 1.00 bits per heavy atom. The topological polar surface area (TPSA) is 28.5 Å². The summed E-state index contributed by atoms with van der Waals surface area (Å²) < 4.78 is 0. The summed E-state index contributed by atoms with van der Waals surface area (Å²) in [4.78, 5) is 0. The molecule has 0 heterocycles. The first-order chi connectivity index (χ1) is 0. The van der Waals surface area contributed by atoms with Gasteiger partial charge in [-0.25, -0.2) is 0 Å². The van der Waals surface area contributed by atoms with Gasteiger partial charge in [0.25, 0.3) is 0 Å². The van der Waals surface area contributed by atoms with Crippen LogP contribution in [0.5, 0.6) is 0 Å². The monoisotopic (exact) mass is 279 g/mol. The molecular weight excluding hydrogens is 280 g/mol. The molecule has 0 aromatic rings. The second kappa shape index (κ2) is 27.2. The van der Waals surface area contributed by atoms with E-state index in [0.717, 1.165) is 0 Å². The van der Waals surface area contributed by atoms with Gasteiger partial charge in [0, 0.05) is 104 Å². The van der Waals surface area contributed by atoms with Gasteiger partial charge in [0.15, 0.2) is 0 Å². The van der Waals surface area contributed by atoms with Crippen LogP contribution in [0.3, 0.4) is 0 Å². The van der Waals surface area contributed by atoms with Crippen LogP contribution in [0.4, 0.5) is 0 Å². The predicted molar refractivity (Wildman–Crippen MR) is 12.2 cm³/mol. The Hall–Kier alpha value is 3.17. The molecule has 0 aromatic carbocycles. The molecular formula is AlLaLiOZr. The Kier molecular flexibility index (Phi) is 227. The Balaban J connectivity index is 0. The molecule has 0 saturated carbocycles. The van der Waals surface area contributed by atoms with Crippen molar-refractivity contribution in [1.82, 2.24) is 0 Å². The molecule has 0 unspecified atom stereocenters. The molecule has 0 aliphatic carbocycles. The molecule has 7 radical (unpaired) electrons. The Morgan fingerprint density at radius 1 is 1.00 bits per heavy atom. The van der Waals surface area contributed by atoms with Crippen molar-refractivity contribution in [2.75, 3.05) is 0 Å². The van der Waals surface area contributed by atoms with Gasteiger partial charge in [0.1, 0.15) is 0 Å². The van der Waals surface area contributed by atoms with Gasteiger partial charge in [-0.3, -0.25) is 0 Å². The Morgan fingerprint density at radius 3 is 1.00 bits per heavy atom. The van der Waals surface area contributed by atoms with Crippen molar-refractivity contribution in [3.63, 3.8) is 0 Å². The Bertz CT molecular complexity index is 11.6. The smallest absolute Gasteiger partial charge is 0 e. The second-order valence-corrected chi connectivity index (χ2v) is 0. The molecule has 1 nitrogen and oxygen atoms in total. The van der Waals surface area contributed by atoms with Crippen LogP contribution in [0.2, 0.25) is 0 Å². The van der Waals surface area contributed by atoms with Crippen LogP contribution in [0.25, 0.3) is 0 Å². The van der Waals surface area contributed by atoms with E-state index in [2.05, 4.69) is 0 Å². The van der Waals surface area contributed by atoms with Crippen LogP contribution in [0.15, 0.2) is 0 Å². The standard InChI is InChI=1S/Al.La.Li.O.Zr. The molecule has 0 aliphatic rings. The van der Waals surface area contributed by atoms with E-state index in [0.29, 0.717) is 0 Å². The minimum absolute atomic E-state index is 0. The fourth-order valence-corrected chi connectivity index (χ4v) is 0. The second-order valence-electron chi connectivity index (χ2n) is 0. The summed E-state index contributed by atoms with van der Waals surface area (Å²) in [5.74, 6) is 0. The van der Waals surface area contributed by atoms with Gasteiger partial charge < -0.3 is 0 Å². The van der Waals surface area contributed by atoms with Gasteiger partial charge in [0.05, 0.1) is 0 Å². The molecule has 0 rings (SSSR count). The third-order valence-corrected chi connectivity index (χ3v) is 0. The van der Waals surface area contributed by atoms with E-state index in [1.165, 1.54) is 0 Å². The molecule has 0 aliphatic heterocycles. The fourth-order valence-electron chi connectivity index (χ4n) is 0. The van der Waals surface area contributed by atoms with E-state index in [1.807, 2.05) is 0 Å². The largest absolute Gasteiger partial charge is 0 e. The number of rotatable bonds is 0. The molecule has 0 aromatic heterocycles. The van der Waals surface area contributed by atoms with Crippen molar-refractivity contribution in [2.45, 2.75) is 0 Å². The van der Waals surface area contributed by atoms with Crippen molar-refractivity contribution < 1.29 is 67.3 Å². The maximum atomic E-state index is 0. The van der Waals surface area contributed by atoms with Crippen LogP contribution in [-0.4, -0.2) is 36.2 Å². The van der Waals surface area contributed by atoms with E-state index in [9.17, 15) is 0 Å². The molecule has 0 saturated heterocycles. The first-order valence-corrected chi connectivity index (χ1v) is 0. The molecule has 0 fully saturated rings. The summed E-state index contributed by atoms with van der Waals surface area (Å²) in [7, 11) is 0. The summed E-state index contributed by atoms with van der Waals surface area (Å²) in [6, 6.07) is 0. The fraction of sp³-hybridized carbons (Fsp3) is 0. The van der Waals surface area contributed by atoms with Gasteiger partial charge >= 0.3 is 0 Å². The van der Waals surface area contributed by atoms with Crippen LogP contribution in [0, 0.1) is 35.6 Å². The van der Waals surface area contributed by atoms with E-state index in [1.54, 1.807) is 0 Å². The van der Waals surface area contributed by atoms with Gasteiger partial charge in [-0.05, 0) is 0 Å². The first-order valence-electron chi connectivity index (χ1n) is 0. The number of hydrogen-bond donors (Lipinski definition) is 0. The average Bonchev–Trinajstić information content (AvgIpc) is 0. The summed E-state index contributed by atoms with van der Waals surface area (Å²) >= 11 is 0. The molecule has 5 heavy (non-hydrogen) atoms. The van der Waals surface area contributed by atoms with Crippen molar-refractivity contribution >= 4 is 36.2 Å². The zero-order chi connectivity index (χ0) is 0. The summed E-state index contributed by atoms with van der Waals surface area (Å²) in [6.07, 6.45) is 0. The molecule has 0 amide bonds. The summed E-state index contributed by atoms with van der Waals surface area (Å²) in [6.45, 7) is 0. The first kappa shape index (κ1) is 41.8. The van der Waals surface area contributed by atoms with E-state index >= 15 is 0 Å². The van der Waals surface area contributed by atoms with Gasteiger partial charge in [-0.15, -0.1) is 0 Å². The maximum Gasteiger partial charge on any atom is 0 e. The third kappa shape index (κ3) is 19.1. The van der Waals surface area contributed by atoms with Crippen LogP contribution in [-0.2, 0) is 31.7 Å². The quantitative estimate of drug-likeness (QED) is 0.516. The predicted octanol–water partition coefficient (Wildman–Crippen LogP) is -0.883. The van der Waals surface area contributed by atoms with Gasteiger partial charge in [-0.2, -0.15) is 0 Å². The third-order valence-electron chi connectivity index (χ3n) is 0. The minimum Gasteiger partial charge on any atom is 0 e.